The van der Waals surface area contributed by atoms with E-state index in [1.807, 2.05) is 48.5 Å². The number of amides is 1. The third kappa shape index (κ3) is 4.93. The number of ether oxygens (including phenoxy) is 2. The van der Waals surface area contributed by atoms with Crippen LogP contribution in [0.15, 0.2) is 60.7 Å². The van der Waals surface area contributed by atoms with E-state index in [9.17, 15) is 18.7 Å². The van der Waals surface area contributed by atoms with Gasteiger partial charge in [-0.2, -0.15) is 0 Å². The number of fused-ring (bicyclic) bond motifs is 1. The first-order valence-corrected chi connectivity index (χ1v) is 11.6. The van der Waals surface area contributed by atoms with Crippen molar-refractivity contribution in [2.45, 2.75) is 38.6 Å². The summed E-state index contributed by atoms with van der Waals surface area (Å²) in [6.45, 7) is 2.11. The van der Waals surface area contributed by atoms with Crippen LogP contribution in [0, 0.1) is 0 Å². The van der Waals surface area contributed by atoms with Crippen molar-refractivity contribution < 1.29 is 28.2 Å². The Hall–Kier alpha value is -3.65. The first-order chi connectivity index (χ1) is 17.0. The van der Waals surface area contributed by atoms with Gasteiger partial charge in [0.25, 0.3) is 12.3 Å². The normalized spacial score (nSPS) is 17.0. The Labute approximate surface area is 202 Å². The van der Waals surface area contributed by atoms with Crippen LogP contribution in [0.3, 0.4) is 0 Å². The van der Waals surface area contributed by atoms with Crippen LogP contribution in [-0.4, -0.2) is 35.2 Å². The van der Waals surface area contributed by atoms with Crippen molar-refractivity contribution >= 4 is 11.6 Å². The first kappa shape index (κ1) is 23.1. The predicted octanol–water partition coefficient (Wildman–Crippen LogP) is 5.27. The molecule has 2 aliphatic rings. The van der Waals surface area contributed by atoms with Crippen molar-refractivity contribution in [2.24, 2.45) is 0 Å². The number of benzene rings is 3. The van der Waals surface area contributed by atoms with Crippen LogP contribution in [0.1, 0.15) is 45.5 Å². The lowest BCUT2D eigenvalue weighted by Crippen LogP contribution is -2.26. The number of nitrogens with one attached hydrogen (secondary N) is 1. The molecular weight excluding hydrogens is 454 g/mol. The maximum Gasteiger partial charge on any atom is 0.264 e. The molecule has 0 aliphatic carbocycles. The highest BCUT2D eigenvalue weighted by molar-refractivity contribution is 6.00. The zero-order valence-electron chi connectivity index (χ0n) is 19.0. The van der Waals surface area contributed by atoms with Gasteiger partial charge >= 0.3 is 0 Å². The van der Waals surface area contributed by atoms with E-state index in [0.717, 1.165) is 47.5 Å². The molecule has 0 unspecified atom stereocenters. The SMILES string of the molecule is O=C(c1c(O)cc(C(F)F)cc1OCc1ccccc1)N1Cc2cccc(N[C@@H]3CCOC3)c2C1. The van der Waals surface area contributed by atoms with Gasteiger partial charge in [-0.1, -0.05) is 42.5 Å². The highest BCUT2D eigenvalue weighted by Gasteiger charge is 2.31. The fourth-order valence-corrected chi connectivity index (χ4v) is 4.54. The third-order valence-electron chi connectivity index (χ3n) is 6.37. The van der Waals surface area contributed by atoms with E-state index in [0.29, 0.717) is 19.7 Å². The fraction of sp³-hybridized carbons (Fsp3) is 0.296. The molecule has 1 atom stereocenters. The predicted molar refractivity (Wildman–Crippen MR) is 127 cm³/mol. The van der Waals surface area contributed by atoms with Crippen molar-refractivity contribution in [3.63, 3.8) is 0 Å². The van der Waals surface area contributed by atoms with Crippen LogP contribution in [0.25, 0.3) is 0 Å². The molecule has 0 bridgehead atoms. The quantitative estimate of drug-likeness (QED) is 0.482. The molecule has 2 heterocycles. The Morgan fingerprint density at radius 1 is 1.14 bits per heavy atom. The maximum atomic E-state index is 13.6. The summed E-state index contributed by atoms with van der Waals surface area (Å²) in [5.41, 5.74) is 3.24. The largest absolute Gasteiger partial charge is 0.507 e. The van der Waals surface area contributed by atoms with Gasteiger partial charge in [0, 0.05) is 30.9 Å². The molecule has 2 aliphatic heterocycles. The number of aromatic hydroxyl groups is 1. The second-order valence-electron chi connectivity index (χ2n) is 8.80. The van der Waals surface area contributed by atoms with Gasteiger partial charge in [0.15, 0.2) is 0 Å². The van der Waals surface area contributed by atoms with Gasteiger partial charge in [-0.15, -0.1) is 0 Å². The summed E-state index contributed by atoms with van der Waals surface area (Å²) in [5, 5.41) is 14.1. The summed E-state index contributed by atoms with van der Waals surface area (Å²) >= 11 is 0. The highest BCUT2D eigenvalue weighted by Crippen LogP contribution is 2.38. The standard InChI is InChI=1S/C27H26F2N2O4/c28-26(29)19-11-23(32)25(24(12-19)35-15-17-5-2-1-3-6-17)27(33)31-13-18-7-4-8-22(21(18)14-31)30-20-9-10-34-16-20/h1-8,11-12,20,26,30,32H,9-10,13-16H2/t20-/m1/s1. The van der Waals surface area contributed by atoms with E-state index in [4.69, 9.17) is 9.47 Å². The number of carbonyl (C=O) groups is 1. The van der Waals surface area contributed by atoms with E-state index in [-0.39, 0.29) is 24.0 Å². The van der Waals surface area contributed by atoms with Crippen LogP contribution in [0.2, 0.25) is 0 Å². The minimum Gasteiger partial charge on any atom is -0.507 e. The Bertz CT molecular complexity index is 1210. The lowest BCUT2D eigenvalue weighted by molar-refractivity contribution is 0.0742. The molecule has 35 heavy (non-hydrogen) atoms. The Morgan fingerprint density at radius 2 is 1.97 bits per heavy atom. The molecule has 1 fully saturated rings. The van der Waals surface area contributed by atoms with Crippen LogP contribution >= 0.6 is 0 Å². The smallest absolute Gasteiger partial charge is 0.264 e. The monoisotopic (exact) mass is 480 g/mol. The van der Waals surface area contributed by atoms with Crippen molar-refractivity contribution in [1.29, 1.82) is 0 Å². The first-order valence-electron chi connectivity index (χ1n) is 11.6. The maximum absolute atomic E-state index is 13.6. The molecule has 0 aromatic heterocycles. The molecule has 1 amide bonds. The zero-order chi connectivity index (χ0) is 24.4. The number of phenols is 1. The summed E-state index contributed by atoms with van der Waals surface area (Å²) in [6, 6.07) is 17.4. The zero-order valence-corrected chi connectivity index (χ0v) is 19.0. The van der Waals surface area contributed by atoms with E-state index in [1.54, 1.807) is 4.90 Å². The lowest BCUT2D eigenvalue weighted by Gasteiger charge is -2.20. The van der Waals surface area contributed by atoms with E-state index in [2.05, 4.69) is 5.32 Å². The van der Waals surface area contributed by atoms with Crippen molar-refractivity contribution in [3.05, 3.63) is 88.5 Å². The Balaban J connectivity index is 1.41. The molecule has 0 spiro atoms. The summed E-state index contributed by atoms with van der Waals surface area (Å²) in [4.78, 5) is 15.2. The molecule has 182 valence electrons. The molecule has 5 rings (SSSR count). The van der Waals surface area contributed by atoms with E-state index < -0.39 is 23.6 Å². The van der Waals surface area contributed by atoms with Crippen LogP contribution < -0.4 is 10.1 Å². The van der Waals surface area contributed by atoms with E-state index in [1.165, 1.54) is 0 Å². The number of nitrogens with zero attached hydrogens (tertiary/aromatic N) is 1. The van der Waals surface area contributed by atoms with E-state index >= 15 is 0 Å². The average Bonchev–Trinajstić information content (AvgIpc) is 3.53. The van der Waals surface area contributed by atoms with Crippen molar-refractivity contribution in [2.75, 3.05) is 18.5 Å². The Morgan fingerprint density at radius 3 is 2.71 bits per heavy atom. The Kier molecular flexibility index (Phi) is 6.55. The number of halogens is 2. The van der Waals surface area contributed by atoms with Gasteiger partial charge in [-0.05, 0) is 41.3 Å². The highest BCUT2D eigenvalue weighted by atomic mass is 19.3. The molecular formula is C27H26F2N2O4. The molecule has 3 aromatic carbocycles. The minimum absolute atomic E-state index is 0.0634. The van der Waals surface area contributed by atoms with Crippen LogP contribution in [-0.2, 0) is 24.4 Å². The molecule has 6 nitrogen and oxygen atoms in total. The summed E-state index contributed by atoms with van der Waals surface area (Å²) in [6.07, 6.45) is -1.90. The van der Waals surface area contributed by atoms with Gasteiger partial charge in [-0.25, -0.2) is 8.78 Å². The molecule has 0 saturated carbocycles. The molecule has 3 aromatic rings. The van der Waals surface area contributed by atoms with Crippen LogP contribution in [0.5, 0.6) is 11.5 Å². The number of anilines is 1. The molecule has 1 saturated heterocycles. The second-order valence-corrected chi connectivity index (χ2v) is 8.80. The minimum atomic E-state index is -2.81. The summed E-state index contributed by atoms with van der Waals surface area (Å²) in [7, 11) is 0. The number of alkyl halides is 2. The fourth-order valence-electron chi connectivity index (χ4n) is 4.54. The number of hydrogen-bond acceptors (Lipinski definition) is 5. The topological polar surface area (TPSA) is 71.0 Å². The van der Waals surface area contributed by atoms with Crippen molar-refractivity contribution in [3.8, 4) is 11.5 Å². The van der Waals surface area contributed by atoms with Gasteiger partial charge in [0.05, 0.1) is 12.6 Å². The average molecular weight is 481 g/mol. The molecule has 0 radical (unpaired) electrons. The van der Waals surface area contributed by atoms with Gasteiger partial charge < -0.3 is 24.8 Å². The number of hydrogen-bond donors (Lipinski definition) is 2. The lowest BCUT2D eigenvalue weighted by atomic mass is 10.1. The van der Waals surface area contributed by atoms with Crippen molar-refractivity contribution in [1.82, 2.24) is 4.90 Å². The number of phenolic OH excluding ortho intramolecular Hbond substituents is 1. The van der Waals surface area contributed by atoms with Gasteiger partial charge in [0.1, 0.15) is 23.7 Å². The van der Waals surface area contributed by atoms with Crippen LogP contribution in [0.4, 0.5) is 14.5 Å². The van der Waals surface area contributed by atoms with Gasteiger partial charge in [-0.3, -0.25) is 4.79 Å². The summed E-state index contributed by atoms with van der Waals surface area (Å²) < 4.78 is 38.1. The number of rotatable bonds is 7. The molecule has 2 N–H and O–H groups in total. The molecule has 8 heteroatoms. The summed E-state index contributed by atoms with van der Waals surface area (Å²) in [5.74, 6) is -1.06. The third-order valence-corrected chi connectivity index (χ3v) is 6.37. The number of carbonyl (C=O) groups excluding carboxylic acids is 1. The van der Waals surface area contributed by atoms with Gasteiger partial charge in [0.2, 0.25) is 0 Å². The second kappa shape index (κ2) is 9.92.